The first-order chi connectivity index (χ1) is 8.22. The maximum Gasteiger partial charge on any atom is 0.174 e. The highest BCUT2D eigenvalue weighted by Gasteiger charge is 2.36. The highest BCUT2D eigenvalue weighted by atomic mass is 16.5. The molecule has 0 atom stereocenters. The molecule has 0 amide bonds. The van der Waals surface area contributed by atoms with Crippen LogP contribution >= 0.6 is 0 Å². The molecule has 1 aromatic rings. The Morgan fingerprint density at radius 2 is 2.29 bits per heavy atom. The third-order valence-electron chi connectivity index (χ3n) is 3.19. The Labute approximate surface area is 102 Å². The lowest BCUT2D eigenvalue weighted by molar-refractivity contribution is 0.367. The molecule has 1 aliphatic rings. The zero-order valence-corrected chi connectivity index (χ0v) is 10.2. The van der Waals surface area contributed by atoms with E-state index in [0.717, 1.165) is 18.8 Å². The largest absolute Gasteiger partial charge is 0.479 e. The summed E-state index contributed by atoms with van der Waals surface area (Å²) in [5, 5.41) is 11.9. The van der Waals surface area contributed by atoms with Crippen molar-refractivity contribution < 1.29 is 4.74 Å². The van der Waals surface area contributed by atoms with Crippen molar-refractivity contribution in [3.05, 3.63) is 29.8 Å². The van der Waals surface area contributed by atoms with Gasteiger partial charge in [-0.25, -0.2) is 0 Å². The molecule has 2 rings (SSSR count). The molecule has 0 bridgehead atoms. The van der Waals surface area contributed by atoms with Crippen molar-refractivity contribution in [2.24, 2.45) is 5.41 Å². The first-order valence-corrected chi connectivity index (χ1v) is 6.01. The number of benzene rings is 1. The average molecular weight is 230 g/mol. The summed E-state index contributed by atoms with van der Waals surface area (Å²) < 4.78 is 5.27. The van der Waals surface area contributed by atoms with Crippen molar-refractivity contribution in [2.45, 2.75) is 26.3 Å². The predicted octanol–water partition coefficient (Wildman–Crippen LogP) is 2.48. The van der Waals surface area contributed by atoms with Crippen molar-refractivity contribution in [1.82, 2.24) is 5.32 Å². The Morgan fingerprint density at radius 1 is 1.47 bits per heavy atom. The molecule has 17 heavy (non-hydrogen) atoms. The summed E-state index contributed by atoms with van der Waals surface area (Å²) in [7, 11) is 0. The van der Waals surface area contributed by atoms with Crippen molar-refractivity contribution in [3.8, 4) is 11.8 Å². The van der Waals surface area contributed by atoms with E-state index in [9.17, 15) is 0 Å². The van der Waals surface area contributed by atoms with Gasteiger partial charge >= 0.3 is 0 Å². The number of nitrogens with zero attached hydrogens (tertiary/aromatic N) is 1. The van der Waals surface area contributed by atoms with E-state index in [1.54, 1.807) is 0 Å². The van der Waals surface area contributed by atoms with Crippen molar-refractivity contribution >= 4 is 0 Å². The third-order valence-corrected chi connectivity index (χ3v) is 3.19. The molecular formula is C14H18N2O. The fourth-order valence-electron chi connectivity index (χ4n) is 1.76. The predicted molar refractivity (Wildman–Crippen MR) is 66.6 cm³/mol. The number of hydrogen-bond acceptors (Lipinski definition) is 3. The van der Waals surface area contributed by atoms with Gasteiger partial charge in [0.2, 0.25) is 0 Å². The van der Waals surface area contributed by atoms with Crippen molar-refractivity contribution in [3.63, 3.8) is 0 Å². The molecule has 90 valence electrons. The van der Waals surface area contributed by atoms with E-state index in [-0.39, 0.29) is 6.61 Å². The fraction of sp³-hybridized carbons (Fsp3) is 0.500. The van der Waals surface area contributed by atoms with Crippen LogP contribution in [-0.4, -0.2) is 13.2 Å². The summed E-state index contributed by atoms with van der Waals surface area (Å²) >= 11 is 0. The van der Waals surface area contributed by atoms with E-state index in [1.165, 1.54) is 18.4 Å². The monoisotopic (exact) mass is 230 g/mol. The minimum absolute atomic E-state index is 0.106. The minimum Gasteiger partial charge on any atom is -0.479 e. The van der Waals surface area contributed by atoms with Crippen LogP contribution in [-0.2, 0) is 6.54 Å². The van der Waals surface area contributed by atoms with E-state index < -0.39 is 0 Å². The highest BCUT2D eigenvalue weighted by molar-refractivity contribution is 5.28. The lowest BCUT2D eigenvalue weighted by atomic mass is 10.1. The van der Waals surface area contributed by atoms with E-state index in [2.05, 4.69) is 18.3 Å². The zero-order valence-electron chi connectivity index (χ0n) is 10.2. The first kappa shape index (κ1) is 11.9. The van der Waals surface area contributed by atoms with Gasteiger partial charge in [-0.05, 0) is 36.0 Å². The quantitative estimate of drug-likeness (QED) is 0.816. The number of hydrogen-bond donors (Lipinski definition) is 1. The SMILES string of the molecule is CC1(CNCc2cccc(OCC#N)c2)CC1. The Morgan fingerprint density at radius 3 is 3.00 bits per heavy atom. The Bertz CT molecular complexity index is 418. The van der Waals surface area contributed by atoms with E-state index in [4.69, 9.17) is 10.00 Å². The number of rotatable bonds is 6. The molecule has 1 fully saturated rings. The maximum atomic E-state index is 8.45. The lowest BCUT2D eigenvalue weighted by Crippen LogP contribution is -2.21. The molecule has 1 saturated carbocycles. The van der Waals surface area contributed by atoms with Crippen LogP contribution in [0.4, 0.5) is 0 Å². The van der Waals surface area contributed by atoms with Crippen LogP contribution in [0.1, 0.15) is 25.3 Å². The average Bonchev–Trinajstić information content (AvgIpc) is 3.05. The van der Waals surface area contributed by atoms with Crippen LogP contribution in [0.3, 0.4) is 0 Å². The minimum atomic E-state index is 0.106. The number of nitriles is 1. The summed E-state index contributed by atoms with van der Waals surface area (Å²) in [6.07, 6.45) is 2.68. The Balaban J connectivity index is 1.81. The Hall–Kier alpha value is -1.53. The van der Waals surface area contributed by atoms with Crippen LogP contribution in [0, 0.1) is 16.7 Å². The molecule has 0 heterocycles. The number of ether oxygens (including phenoxy) is 1. The van der Waals surface area contributed by atoms with Crippen LogP contribution in [0.25, 0.3) is 0 Å². The maximum absolute atomic E-state index is 8.45. The van der Waals surface area contributed by atoms with Gasteiger partial charge in [0.15, 0.2) is 6.61 Å². The van der Waals surface area contributed by atoms with Crippen LogP contribution < -0.4 is 10.1 Å². The van der Waals surface area contributed by atoms with Gasteiger partial charge in [0.25, 0.3) is 0 Å². The molecule has 1 aromatic carbocycles. The van der Waals surface area contributed by atoms with Gasteiger partial charge in [0, 0.05) is 13.1 Å². The molecule has 0 aromatic heterocycles. The Kier molecular flexibility index (Phi) is 3.65. The van der Waals surface area contributed by atoms with E-state index in [0.29, 0.717) is 5.41 Å². The standard InChI is InChI=1S/C14H18N2O/c1-14(5-6-14)11-16-10-12-3-2-4-13(9-12)17-8-7-15/h2-4,9,16H,5-6,8,10-11H2,1H3. The zero-order chi connectivity index (χ0) is 12.1. The van der Waals surface area contributed by atoms with Gasteiger partial charge in [0.1, 0.15) is 11.8 Å². The molecule has 3 heteroatoms. The summed E-state index contributed by atoms with van der Waals surface area (Å²) in [4.78, 5) is 0. The molecule has 1 aliphatic carbocycles. The topological polar surface area (TPSA) is 45.0 Å². The van der Waals surface area contributed by atoms with Gasteiger partial charge in [-0.15, -0.1) is 0 Å². The normalized spacial score (nSPS) is 16.2. The van der Waals surface area contributed by atoms with Gasteiger partial charge in [-0.3, -0.25) is 0 Å². The smallest absolute Gasteiger partial charge is 0.174 e. The molecule has 0 radical (unpaired) electrons. The number of nitrogens with one attached hydrogen (secondary N) is 1. The first-order valence-electron chi connectivity index (χ1n) is 6.01. The molecule has 1 N–H and O–H groups in total. The second kappa shape index (κ2) is 5.20. The van der Waals surface area contributed by atoms with Crippen LogP contribution in [0.15, 0.2) is 24.3 Å². The fourth-order valence-corrected chi connectivity index (χ4v) is 1.76. The highest BCUT2D eigenvalue weighted by Crippen LogP contribution is 2.44. The molecule has 0 aliphatic heterocycles. The molecule has 0 saturated heterocycles. The van der Waals surface area contributed by atoms with E-state index >= 15 is 0 Å². The summed E-state index contributed by atoms with van der Waals surface area (Å²) in [5.74, 6) is 0.767. The third kappa shape index (κ3) is 3.76. The summed E-state index contributed by atoms with van der Waals surface area (Å²) in [6, 6.07) is 9.86. The summed E-state index contributed by atoms with van der Waals surface area (Å²) in [5.41, 5.74) is 1.74. The molecule has 3 nitrogen and oxygen atoms in total. The molecule has 0 spiro atoms. The molecular weight excluding hydrogens is 212 g/mol. The lowest BCUT2D eigenvalue weighted by Gasteiger charge is -2.10. The van der Waals surface area contributed by atoms with Gasteiger partial charge in [-0.2, -0.15) is 5.26 Å². The van der Waals surface area contributed by atoms with Crippen molar-refractivity contribution in [2.75, 3.05) is 13.2 Å². The van der Waals surface area contributed by atoms with Crippen molar-refractivity contribution in [1.29, 1.82) is 5.26 Å². The van der Waals surface area contributed by atoms with Crippen LogP contribution in [0.5, 0.6) is 5.75 Å². The second-order valence-electron chi connectivity index (χ2n) is 5.01. The second-order valence-corrected chi connectivity index (χ2v) is 5.01. The summed E-state index contributed by atoms with van der Waals surface area (Å²) in [6.45, 7) is 4.36. The van der Waals surface area contributed by atoms with E-state index in [1.807, 2.05) is 24.3 Å². The van der Waals surface area contributed by atoms with Crippen LogP contribution in [0.2, 0.25) is 0 Å². The van der Waals surface area contributed by atoms with Gasteiger partial charge in [0.05, 0.1) is 0 Å². The van der Waals surface area contributed by atoms with Gasteiger partial charge in [-0.1, -0.05) is 19.1 Å². The molecule has 0 unspecified atom stereocenters. The van der Waals surface area contributed by atoms with Gasteiger partial charge < -0.3 is 10.1 Å².